The fourth-order valence-corrected chi connectivity index (χ4v) is 5.55. The van der Waals surface area contributed by atoms with Crippen LogP contribution in [0.15, 0.2) is 24.3 Å². The molecular formula is C38H73NO3. The molecule has 248 valence electrons. The standard InChI is InChI=1S/C38H73NO3/c1-3-5-7-9-11-13-15-17-19-21-23-25-27-29-31-33-37(41)36(35-40)39-38(42)34-32-30-28-26-24-22-20-18-16-14-12-10-8-6-4-2/h23,25,31,33,36-37,40-41H,3-22,24,26-30,32,34-35H2,1-2H3,(H,39,42)/b25-23+,33-31+. The number of rotatable bonds is 33. The molecule has 0 aromatic carbocycles. The molecule has 2 unspecified atom stereocenters. The third kappa shape index (κ3) is 30.3. The minimum absolute atomic E-state index is 0.0735. The fraction of sp³-hybridized carbons (Fsp3) is 0.868. The Labute approximate surface area is 262 Å². The Morgan fingerprint density at radius 3 is 1.38 bits per heavy atom. The largest absolute Gasteiger partial charge is 0.394 e. The highest BCUT2D eigenvalue weighted by Gasteiger charge is 2.17. The van der Waals surface area contributed by atoms with Gasteiger partial charge in [0.25, 0.3) is 0 Å². The van der Waals surface area contributed by atoms with E-state index in [1.165, 1.54) is 141 Å². The fourth-order valence-electron chi connectivity index (χ4n) is 5.55. The minimum atomic E-state index is -0.856. The van der Waals surface area contributed by atoms with Crippen LogP contribution in [0.1, 0.15) is 194 Å². The Morgan fingerprint density at radius 1 is 0.548 bits per heavy atom. The average molecular weight is 592 g/mol. The summed E-state index contributed by atoms with van der Waals surface area (Å²) >= 11 is 0. The zero-order valence-corrected chi connectivity index (χ0v) is 28.3. The molecule has 0 aliphatic carbocycles. The van der Waals surface area contributed by atoms with Crippen LogP contribution in [0.5, 0.6) is 0 Å². The molecule has 4 heteroatoms. The molecule has 0 bridgehead atoms. The van der Waals surface area contributed by atoms with Gasteiger partial charge in [0.05, 0.1) is 18.8 Å². The number of aliphatic hydroxyl groups is 2. The Hall–Kier alpha value is -1.13. The van der Waals surface area contributed by atoms with Crippen molar-refractivity contribution in [3.05, 3.63) is 24.3 Å². The van der Waals surface area contributed by atoms with Crippen LogP contribution in [0, 0.1) is 0 Å². The van der Waals surface area contributed by atoms with Crippen molar-refractivity contribution in [2.45, 2.75) is 206 Å². The van der Waals surface area contributed by atoms with Crippen LogP contribution in [0.3, 0.4) is 0 Å². The van der Waals surface area contributed by atoms with Crippen molar-refractivity contribution >= 4 is 5.91 Å². The second kappa shape index (κ2) is 34.4. The first-order valence-electron chi connectivity index (χ1n) is 18.6. The van der Waals surface area contributed by atoms with Gasteiger partial charge in [0.15, 0.2) is 0 Å². The van der Waals surface area contributed by atoms with Gasteiger partial charge in [-0.05, 0) is 32.1 Å². The van der Waals surface area contributed by atoms with Gasteiger partial charge in [-0.2, -0.15) is 0 Å². The molecule has 0 aliphatic heterocycles. The van der Waals surface area contributed by atoms with E-state index in [9.17, 15) is 15.0 Å². The van der Waals surface area contributed by atoms with Crippen molar-refractivity contribution in [3.63, 3.8) is 0 Å². The summed E-state index contributed by atoms with van der Waals surface area (Å²) in [4.78, 5) is 12.3. The summed E-state index contributed by atoms with van der Waals surface area (Å²) in [6.45, 7) is 4.29. The third-order valence-corrected chi connectivity index (χ3v) is 8.44. The molecule has 4 nitrogen and oxygen atoms in total. The van der Waals surface area contributed by atoms with Crippen LogP contribution < -0.4 is 5.32 Å². The predicted octanol–water partition coefficient (Wildman–Crippen LogP) is 10.9. The molecular weight excluding hydrogens is 518 g/mol. The summed E-state index contributed by atoms with van der Waals surface area (Å²) in [5.74, 6) is -0.0735. The van der Waals surface area contributed by atoms with E-state index in [0.717, 1.165) is 32.1 Å². The number of carbonyl (C=O) groups excluding carboxylic acids is 1. The normalized spacial score (nSPS) is 13.3. The lowest BCUT2D eigenvalue weighted by atomic mass is 10.0. The predicted molar refractivity (Wildman–Crippen MR) is 184 cm³/mol. The quantitative estimate of drug-likeness (QED) is 0.0525. The van der Waals surface area contributed by atoms with Crippen LogP contribution >= 0.6 is 0 Å². The highest BCUT2D eigenvalue weighted by atomic mass is 16.3. The zero-order valence-electron chi connectivity index (χ0n) is 28.3. The SMILES string of the molecule is CCCCCCCCCCC/C=C/CC/C=C/C(O)C(CO)NC(=O)CCCCCCCCCCCCCCCCC. The topological polar surface area (TPSA) is 69.6 Å². The smallest absolute Gasteiger partial charge is 0.220 e. The van der Waals surface area contributed by atoms with E-state index >= 15 is 0 Å². The van der Waals surface area contributed by atoms with Crippen LogP contribution in [0.25, 0.3) is 0 Å². The molecule has 0 aliphatic rings. The number of nitrogens with one attached hydrogen (secondary N) is 1. The molecule has 2 atom stereocenters. The average Bonchev–Trinajstić information content (AvgIpc) is 2.99. The molecule has 0 radical (unpaired) electrons. The lowest BCUT2D eigenvalue weighted by Crippen LogP contribution is -2.45. The van der Waals surface area contributed by atoms with Crippen molar-refractivity contribution < 1.29 is 15.0 Å². The molecule has 0 heterocycles. The van der Waals surface area contributed by atoms with Crippen molar-refractivity contribution in [2.24, 2.45) is 0 Å². The van der Waals surface area contributed by atoms with Gasteiger partial charge >= 0.3 is 0 Å². The number of hydrogen-bond donors (Lipinski definition) is 3. The Balaban J connectivity index is 3.65. The van der Waals surface area contributed by atoms with Gasteiger partial charge < -0.3 is 15.5 Å². The van der Waals surface area contributed by atoms with Crippen LogP contribution in [-0.2, 0) is 4.79 Å². The van der Waals surface area contributed by atoms with Crippen LogP contribution in [0.2, 0.25) is 0 Å². The number of amides is 1. The first kappa shape index (κ1) is 40.9. The van der Waals surface area contributed by atoms with Gasteiger partial charge in [-0.3, -0.25) is 4.79 Å². The third-order valence-electron chi connectivity index (χ3n) is 8.44. The maximum Gasteiger partial charge on any atom is 0.220 e. The number of carbonyl (C=O) groups is 1. The van der Waals surface area contributed by atoms with Crippen molar-refractivity contribution in [2.75, 3.05) is 6.61 Å². The summed E-state index contributed by atoms with van der Waals surface area (Å²) in [6.07, 6.45) is 42.6. The second-order valence-corrected chi connectivity index (χ2v) is 12.6. The summed E-state index contributed by atoms with van der Waals surface area (Å²) in [5, 5.41) is 22.9. The molecule has 42 heavy (non-hydrogen) atoms. The maximum atomic E-state index is 12.3. The Morgan fingerprint density at radius 2 is 0.929 bits per heavy atom. The number of allylic oxidation sites excluding steroid dienone is 3. The Kier molecular flexibility index (Phi) is 33.4. The summed E-state index contributed by atoms with van der Waals surface area (Å²) in [6, 6.07) is -0.632. The molecule has 0 aromatic heterocycles. The number of unbranched alkanes of at least 4 members (excludes halogenated alkanes) is 24. The Bertz CT molecular complexity index is 603. The van der Waals surface area contributed by atoms with Gasteiger partial charge in [0.2, 0.25) is 5.91 Å². The molecule has 3 N–H and O–H groups in total. The lowest BCUT2D eigenvalue weighted by molar-refractivity contribution is -0.123. The van der Waals surface area contributed by atoms with Gasteiger partial charge in [0, 0.05) is 6.42 Å². The molecule has 0 saturated heterocycles. The molecule has 0 spiro atoms. The summed E-state index contributed by atoms with van der Waals surface area (Å²) in [7, 11) is 0. The molecule has 0 aromatic rings. The maximum absolute atomic E-state index is 12.3. The van der Waals surface area contributed by atoms with Crippen molar-refractivity contribution in [3.8, 4) is 0 Å². The second-order valence-electron chi connectivity index (χ2n) is 12.6. The first-order valence-corrected chi connectivity index (χ1v) is 18.6. The van der Waals surface area contributed by atoms with E-state index in [1.54, 1.807) is 6.08 Å². The van der Waals surface area contributed by atoms with E-state index in [2.05, 4.69) is 31.3 Å². The van der Waals surface area contributed by atoms with Crippen LogP contribution in [-0.4, -0.2) is 34.9 Å². The lowest BCUT2D eigenvalue weighted by Gasteiger charge is -2.19. The molecule has 1 amide bonds. The van der Waals surface area contributed by atoms with E-state index in [1.807, 2.05) is 6.08 Å². The van der Waals surface area contributed by atoms with E-state index in [4.69, 9.17) is 0 Å². The highest BCUT2D eigenvalue weighted by molar-refractivity contribution is 5.76. The number of aliphatic hydroxyl groups excluding tert-OH is 2. The van der Waals surface area contributed by atoms with Gasteiger partial charge in [0.1, 0.15) is 0 Å². The van der Waals surface area contributed by atoms with Gasteiger partial charge in [-0.1, -0.05) is 179 Å². The van der Waals surface area contributed by atoms with Crippen molar-refractivity contribution in [1.82, 2.24) is 5.32 Å². The first-order chi connectivity index (χ1) is 20.7. The van der Waals surface area contributed by atoms with E-state index < -0.39 is 12.1 Å². The summed E-state index contributed by atoms with van der Waals surface area (Å²) < 4.78 is 0. The van der Waals surface area contributed by atoms with E-state index in [0.29, 0.717) is 6.42 Å². The van der Waals surface area contributed by atoms with Crippen molar-refractivity contribution in [1.29, 1.82) is 0 Å². The minimum Gasteiger partial charge on any atom is -0.394 e. The van der Waals surface area contributed by atoms with E-state index in [-0.39, 0.29) is 12.5 Å². The molecule has 0 fully saturated rings. The van der Waals surface area contributed by atoms with Crippen LogP contribution in [0.4, 0.5) is 0 Å². The highest BCUT2D eigenvalue weighted by Crippen LogP contribution is 2.14. The summed E-state index contributed by atoms with van der Waals surface area (Å²) in [5.41, 5.74) is 0. The van der Waals surface area contributed by atoms with Gasteiger partial charge in [-0.25, -0.2) is 0 Å². The number of hydrogen-bond acceptors (Lipinski definition) is 3. The molecule has 0 saturated carbocycles. The zero-order chi connectivity index (χ0) is 30.8. The monoisotopic (exact) mass is 592 g/mol. The molecule has 0 rings (SSSR count). The van der Waals surface area contributed by atoms with Gasteiger partial charge in [-0.15, -0.1) is 0 Å².